The lowest BCUT2D eigenvalue weighted by atomic mass is 9.91. The highest BCUT2D eigenvalue weighted by molar-refractivity contribution is 5.80. The Balaban J connectivity index is 1.52. The monoisotopic (exact) mass is 376 g/mol. The van der Waals surface area contributed by atoms with Crippen LogP contribution in [0.4, 0.5) is 4.79 Å². The maximum atomic E-state index is 12.8. The second kappa shape index (κ2) is 8.31. The number of ether oxygens (including phenoxy) is 1. The van der Waals surface area contributed by atoms with Gasteiger partial charge in [-0.15, -0.1) is 0 Å². The van der Waals surface area contributed by atoms with Gasteiger partial charge in [-0.25, -0.2) is 9.78 Å². The molecule has 2 amide bonds. The van der Waals surface area contributed by atoms with E-state index in [-0.39, 0.29) is 18.0 Å². The third-order valence-corrected chi connectivity index (χ3v) is 5.95. The summed E-state index contributed by atoms with van der Waals surface area (Å²) in [7, 11) is 0. The number of hydrogen-bond donors (Lipinski definition) is 0. The number of carbonyl (C=O) groups is 2. The van der Waals surface area contributed by atoms with Crippen molar-refractivity contribution in [1.29, 1.82) is 0 Å². The zero-order valence-electron chi connectivity index (χ0n) is 16.8. The van der Waals surface area contributed by atoms with Crippen LogP contribution in [0, 0.1) is 6.92 Å². The summed E-state index contributed by atoms with van der Waals surface area (Å²) in [6, 6.07) is -0.261. The summed E-state index contributed by atoms with van der Waals surface area (Å²) in [5.74, 6) is 0.944. The van der Waals surface area contributed by atoms with Crippen LogP contribution < -0.4 is 0 Å². The molecule has 0 N–H and O–H groups in total. The molecular formula is C20H32N4O3. The van der Waals surface area contributed by atoms with Crippen LogP contribution in [0.1, 0.15) is 64.2 Å². The van der Waals surface area contributed by atoms with Gasteiger partial charge in [-0.2, -0.15) is 0 Å². The van der Waals surface area contributed by atoms with Crippen LogP contribution >= 0.6 is 0 Å². The third-order valence-electron chi connectivity index (χ3n) is 5.95. The number of nitrogens with zero attached hydrogens (tertiary/aromatic N) is 4. The van der Waals surface area contributed by atoms with Crippen molar-refractivity contribution in [2.24, 2.45) is 0 Å². The van der Waals surface area contributed by atoms with Gasteiger partial charge >= 0.3 is 6.09 Å². The molecular weight excluding hydrogens is 344 g/mol. The number of likely N-dealkylation sites (tertiary alicyclic amines) is 1. The molecule has 2 aliphatic heterocycles. The Labute approximate surface area is 161 Å². The molecule has 0 saturated carbocycles. The lowest BCUT2D eigenvalue weighted by molar-refractivity contribution is -0.137. The molecule has 2 aliphatic rings. The van der Waals surface area contributed by atoms with Crippen LogP contribution in [-0.4, -0.2) is 63.1 Å². The first-order chi connectivity index (χ1) is 13.0. The fourth-order valence-corrected chi connectivity index (χ4v) is 4.17. The number of piperidine rings is 1. The molecule has 2 fully saturated rings. The molecule has 0 aromatic carbocycles. The maximum absolute atomic E-state index is 12.8. The molecule has 150 valence electrons. The Kier molecular flexibility index (Phi) is 6.07. The Morgan fingerprint density at radius 1 is 1.30 bits per heavy atom. The van der Waals surface area contributed by atoms with E-state index >= 15 is 0 Å². The predicted octanol–water partition coefficient (Wildman–Crippen LogP) is 3.15. The second-order valence-electron chi connectivity index (χ2n) is 7.92. The number of imidazole rings is 1. The first kappa shape index (κ1) is 19.7. The Hall–Kier alpha value is -2.05. The summed E-state index contributed by atoms with van der Waals surface area (Å²) in [5, 5.41) is 0. The van der Waals surface area contributed by atoms with E-state index in [0.29, 0.717) is 32.5 Å². The highest BCUT2D eigenvalue weighted by Crippen LogP contribution is 2.34. The molecule has 2 saturated heterocycles. The highest BCUT2D eigenvalue weighted by atomic mass is 16.6. The molecule has 27 heavy (non-hydrogen) atoms. The minimum Gasteiger partial charge on any atom is -0.441 e. The smallest absolute Gasteiger partial charge is 0.410 e. The molecule has 7 nitrogen and oxygen atoms in total. The van der Waals surface area contributed by atoms with Gasteiger partial charge in [0.1, 0.15) is 17.5 Å². The molecule has 1 spiro atoms. The van der Waals surface area contributed by atoms with Crippen molar-refractivity contribution in [3.8, 4) is 0 Å². The summed E-state index contributed by atoms with van der Waals surface area (Å²) >= 11 is 0. The third kappa shape index (κ3) is 4.28. The SMILES string of the molecule is CCCCCCN1CC2(CCN(C(=O)[C@H](C)n3ccnc3C)CC2)OC1=O. The topological polar surface area (TPSA) is 67.7 Å². The van der Waals surface area contributed by atoms with Crippen molar-refractivity contribution in [2.45, 2.75) is 70.9 Å². The minimum atomic E-state index is -0.410. The number of aryl methyl sites for hydroxylation is 1. The van der Waals surface area contributed by atoms with Gasteiger partial charge in [0, 0.05) is 44.9 Å². The van der Waals surface area contributed by atoms with E-state index in [1.807, 2.05) is 34.4 Å². The van der Waals surface area contributed by atoms with Crippen molar-refractivity contribution in [1.82, 2.24) is 19.4 Å². The summed E-state index contributed by atoms with van der Waals surface area (Å²) in [6.07, 6.45) is 9.39. The van der Waals surface area contributed by atoms with Gasteiger partial charge in [-0.3, -0.25) is 4.79 Å². The average Bonchev–Trinajstić information content (AvgIpc) is 3.21. The Morgan fingerprint density at radius 3 is 2.67 bits per heavy atom. The summed E-state index contributed by atoms with van der Waals surface area (Å²) in [5.41, 5.74) is -0.410. The van der Waals surface area contributed by atoms with Gasteiger partial charge in [-0.05, 0) is 20.3 Å². The van der Waals surface area contributed by atoms with Gasteiger partial charge in [0.05, 0.1) is 6.54 Å². The van der Waals surface area contributed by atoms with Gasteiger partial charge in [0.2, 0.25) is 5.91 Å². The van der Waals surface area contributed by atoms with Gasteiger partial charge in [0.15, 0.2) is 0 Å². The van der Waals surface area contributed by atoms with Crippen molar-refractivity contribution >= 4 is 12.0 Å². The van der Waals surface area contributed by atoms with Crippen molar-refractivity contribution < 1.29 is 14.3 Å². The zero-order valence-corrected chi connectivity index (χ0v) is 16.8. The average molecular weight is 377 g/mol. The van der Waals surface area contributed by atoms with Crippen LogP contribution in [-0.2, 0) is 9.53 Å². The van der Waals surface area contributed by atoms with Crippen LogP contribution in [0.2, 0.25) is 0 Å². The number of rotatable bonds is 7. The summed E-state index contributed by atoms with van der Waals surface area (Å²) < 4.78 is 7.68. The van der Waals surface area contributed by atoms with E-state index in [9.17, 15) is 9.59 Å². The predicted molar refractivity (Wildman–Crippen MR) is 102 cm³/mol. The lowest BCUT2D eigenvalue weighted by Gasteiger charge is -2.38. The second-order valence-corrected chi connectivity index (χ2v) is 7.92. The van der Waals surface area contributed by atoms with Gasteiger partial charge in [0.25, 0.3) is 0 Å². The number of aromatic nitrogens is 2. The number of hydrogen-bond acceptors (Lipinski definition) is 4. The molecule has 1 aromatic rings. The van der Waals surface area contributed by atoms with Crippen LogP contribution in [0.5, 0.6) is 0 Å². The van der Waals surface area contributed by atoms with Crippen LogP contribution in [0.25, 0.3) is 0 Å². The van der Waals surface area contributed by atoms with Crippen LogP contribution in [0.15, 0.2) is 12.4 Å². The lowest BCUT2D eigenvalue weighted by Crippen LogP contribution is -2.50. The van der Waals surface area contributed by atoms with E-state index in [1.54, 1.807) is 6.20 Å². The van der Waals surface area contributed by atoms with E-state index in [0.717, 1.165) is 25.2 Å². The quantitative estimate of drug-likeness (QED) is 0.686. The first-order valence-corrected chi connectivity index (χ1v) is 10.2. The standard InChI is InChI=1S/C20H32N4O3/c1-4-5-6-7-11-23-15-20(27-19(23)26)8-12-22(13-9-20)18(25)16(2)24-14-10-21-17(24)3/h10,14,16H,4-9,11-13,15H2,1-3H3/t16-/m0/s1. The van der Waals surface area contributed by atoms with Gasteiger partial charge in [-0.1, -0.05) is 26.2 Å². The molecule has 1 aromatic heterocycles. The fraction of sp³-hybridized carbons (Fsp3) is 0.750. The molecule has 3 heterocycles. The molecule has 7 heteroatoms. The molecule has 3 rings (SSSR count). The highest BCUT2D eigenvalue weighted by Gasteiger charge is 2.47. The van der Waals surface area contributed by atoms with E-state index < -0.39 is 5.60 Å². The molecule has 0 aliphatic carbocycles. The molecule has 0 radical (unpaired) electrons. The van der Waals surface area contributed by atoms with Crippen molar-refractivity contribution in [3.63, 3.8) is 0 Å². The number of amides is 2. The van der Waals surface area contributed by atoms with Crippen LogP contribution in [0.3, 0.4) is 0 Å². The number of carbonyl (C=O) groups excluding carboxylic acids is 2. The minimum absolute atomic E-state index is 0.103. The molecule has 0 bridgehead atoms. The number of unbranched alkanes of at least 4 members (excludes halogenated alkanes) is 3. The van der Waals surface area contributed by atoms with Gasteiger partial charge < -0.3 is 19.1 Å². The normalized spacial score (nSPS) is 20.2. The molecule has 1 atom stereocenters. The summed E-state index contributed by atoms with van der Waals surface area (Å²) in [4.78, 5) is 33.0. The zero-order chi connectivity index (χ0) is 19.4. The van der Waals surface area contributed by atoms with Crippen molar-refractivity contribution in [3.05, 3.63) is 18.2 Å². The summed E-state index contributed by atoms with van der Waals surface area (Å²) in [6.45, 7) is 8.71. The van der Waals surface area contributed by atoms with E-state index in [4.69, 9.17) is 4.74 Å². The van der Waals surface area contributed by atoms with E-state index in [1.165, 1.54) is 12.8 Å². The first-order valence-electron chi connectivity index (χ1n) is 10.2. The molecule has 0 unspecified atom stereocenters. The largest absolute Gasteiger partial charge is 0.441 e. The Morgan fingerprint density at radius 2 is 2.04 bits per heavy atom. The van der Waals surface area contributed by atoms with Crippen molar-refractivity contribution in [2.75, 3.05) is 26.2 Å². The fourth-order valence-electron chi connectivity index (χ4n) is 4.17. The van der Waals surface area contributed by atoms with E-state index in [2.05, 4.69) is 11.9 Å². The maximum Gasteiger partial charge on any atom is 0.410 e. The Bertz CT molecular complexity index is 664.